The minimum absolute atomic E-state index is 0.0849. The smallest absolute Gasteiger partial charge is 0.266 e. The third-order valence-corrected chi connectivity index (χ3v) is 4.07. The highest BCUT2D eigenvalue weighted by molar-refractivity contribution is 7.12. The van der Waals surface area contributed by atoms with Crippen LogP contribution >= 0.6 is 11.3 Å². The molecule has 3 heterocycles. The molecule has 1 aliphatic heterocycles. The SMILES string of the molecule is CC1(O)CCN(C(=O)c2sccc2-n2cnnn2)C1. The van der Waals surface area contributed by atoms with E-state index in [2.05, 4.69) is 15.5 Å². The summed E-state index contributed by atoms with van der Waals surface area (Å²) in [7, 11) is 0. The van der Waals surface area contributed by atoms with Crippen LogP contribution in [0.2, 0.25) is 0 Å². The van der Waals surface area contributed by atoms with Crippen molar-refractivity contribution in [1.29, 1.82) is 0 Å². The molecule has 1 saturated heterocycles. The van der Waals surface area contributed by atoms with Gasteiger partial charge in [0.15, 0.2) is 0 Å². The topological polar surface area (TPSA) is 84.1 Å². The predicted octanol–water partition coefficient (Wildman–Crippen LogP) is 0.321. The summed E-state index contributed by atoms with van der Waals surface area (Å²) in [5.41, 5.74) is -0.117. The zero-order valence-electron chi connectivity index (χ0n) is 10.4. The number of thiophene rings is 1. The van der Waals surface area contributed by atoms with Crippen molar-refractivity contribution in [3.05, 3.63) is 22.7 Å². The van der Waals surface area contributed by atoms with Crippen molar-refractivity contribution in [3.63, 3.8) is 0 Å². The Kier molecular flexibility index (Phi) is 2.83. The Balaban J connectivity index is 1.88. The molecule has 1 fully saturated rings. The Morgan fingerprint density at radius 3 is 3.05 bits per heavy atom. The average molecular weight is 279 g/mol. The molecule has 3 rings (SSSR count). The van der Waals surface area contributed by atoms with Crippen molar-refractivity contribution in [1.82, 2.24) is 25.1 Å². The number of amides is 1. The summed E-state index contributed by atoms with van der Waals surface area (Å²) in [5, 5.41) is 22.7. The third-order valence-electron chi connectivity index (χ3n) is 3.17. The Morgan fingerprint density at radius 1 is 1.58 bits per heavy atom. The lowest BCUT2D eigenvalue weighted by atomic mass is 10.1. The van der Waals surface area contributed by atoms with Crippen LogP contribution in [0.5, 0.6) is 0 Å². The summed E-state index contributed by atoms with van der Waals surface area (Å²) < 4.78 is 1.47. The summed E-state index contributed by atoms with van der Waals surface area (Å²) in [4.78, 5) is 14.7. The van der Waals surface area contributed by atoms with Crippen LogP contribution in [-0.2, 0) is 0 Å². The summed E-state index contributed by atoms with van der Waals surface area (Å²) in [6, 6.07) is 1.81. The van der Waals surface area contributed by atoms with Crippen molar-refractivity contribution >= 4 is 17.2 Å². The van der Waals surface area contributed by atoms with Crippen LogP contribution in [0.25, 0.3) is 5.69 Å². The molecule has 0 spiro atoms. The lowest BCUT2D eigenvalue weighted by Gasteiger charge is -2.18. The molecule has 8 heteroatoms. The Morgan fingerprint density at radius 2 is 2.42 bits per heavy atom. The van der Waals surface area contributed by atoms with Crippen LogP contribution in [-0.4, -0.2) is 54.8 Å². The van der Waals surface area contributed by atoms with Crippen molar-refractivity contribution in [2.45, 2.75) is 18.9 Å². The number of nitrogens with zero attached hydrogens (tertiary/aromatic N) is 5. The van der Waals surface area contributed by atoms with Crippen LogP contribution in [0.1, 0.15) is 23.0 Å². The summed E-state index contributed by atoms with van der Waals surface area (Å²) in [5.74, 6) is -0.0849. The molecule has 2 aromatic rings. The number of likely N-dealkylation sites (tertiary alicyclic amines) is 1. The molecule has 2 aromatic heterocycles. The first-order chi connectivity index (χ1) is 9.07. The largest absolute Gasteiger partial charge is 0.388 e. The fourth-order valence-electron chi connectivity index (χ4n) is 2.18. The second kappa shape index (κ2) is 4.39. The van der Waals surface area contributed by atoms with Gasteiger partial charge in [-0.2, -0.15) is 4.68 Å². The van der Waals surface area contributed by atoms with E-state index in [-0.39, 0.29) is 5.91 Å². The zero-order chi connectivity index (χ0) is 13.5. The van der Waals surface area contributed by atoms with Gasteiger partial charge in [0.25, 0.3) is 5.91 Å². The average Bonchev–Trinajstić information content (AvgIpc) is 3.06. The lowest BCUT2D eigenvalue weighted by Crippen LogP contribution is -2.33. The molecule has 0 saturated carbocycles. The molecule has 1 unspecified atom stereocenters. The van der Waals surface area contributed by atoms with Gasteiger partial charge >= 0.3 is 0 Å². The molecule has 0 aliphatic carbocycles. The second-order valence-electron chi connectivity index (χ2n) is 4.86. The van der Waals surface area contributed by atoms with Crippen molar-refractivity contribution < 1.29 is 9.90 Å². The van der Waals surface area contributed by atoms with Crippen molar-refractivity contribution in [2.24, 2.45) is 0 Å². The van der Waals surface area contributed by atoms with Gasteiger partial charge < -0.3 is 10.0 Å². The Hall–Kier alpha value is -1.80. The number of hydrogen-bond donors (Lipinski definition) is 1. The highest BCUT2D eigenvalue weighted by atomic mass is 32.1. The lowest BCUT2D eigenvalue weighted by molar-refractivity contribution is 0.0574. The third kappa shape index (κ3) is 2.24. The van der Waals surface area contributed by atoms with Crippen LogP contribution in [0, 0.1) is 0 Å². The van der Waals surface area contributed by atoms with E-state index in [0.717, 1.165) is 0 Å². The molecule has 1 amide bonds. The van der Waals surface area contributed by atoms with Crippen LogP contribution in [0.15, 0.2) is 17.8 Å². The van der Waals surface area contributed by atoms with Crippen molar-refractivity contribution in [3.8, 4) is 5.69 Å². The van der Waals surface area contributed by atoms with Gasteiger partial charge in [-0.1, -0.05) is 0 Å². The number of rotatable bonds is 2. The van der Waals surface area contributed by atoms with Gasteiger partial charge in [-0.15, -0.1) is 16.4 Å². The number of hydrogen-bond acceptors (Lipinski definition) is 6. The molecule has 0 bridgehead atoms. The maximum Gasteiger partial charge on any atom is 0.266 e. The maximum atomic E-state index is 12.5. The first-order valence-electron chi connectivity index (χ1n) is 5.89. The quantitative estimate of drug-likeness (QED) is 0.856. The number of carbonyl (C=O) groups excluding carboxylic acids is 1. The monoisotopic (exact) mass is 279 g/mol. The summed E-state index contributed by atoms with van der Waals surface area (Å²) in [6.07, 6.45) is 2.06. The van der Waals surface area contributed by atoms with E-state index in [9.17, 15) is 9.90 Å². The Bertz CT molecular complexity index is 592. The van der Waals surface area contributed by atoms with Gasteiger partial charge in [0, 0.05) is 13.1 Å². The molecule has 100 valence electrons. The van der Waals surface area contributed by atoms with E-state index in [1.807, 2.05) is 11.4 Å². The first kappa shape index (κ1) is 12.2. The van der Waals surface area contributed by atoms with E-state index >= 15 is 0 Å². The number of aliphatic hydroxyl groups is 1. The van der Waals surface area contributed by atoms with Crippen LogP contribution in [0.3, 0.4) is 0 Å². The molecular formula is C11H13N5O2S. The standard InChI is InChI=1S/C11H13N5O2S/c1-11(18)3-4-15(6-11)10(17)9-8(2-5-19-9)16-7-12-13-14-16/h2,5,7,18H,3-4,6H2,1H3. The molecule has 7 nitrogen and oxygen atoms in total. The van der Waals surface area contributed by atoms with E-state index in [1.54, 1.807) is 11.8 Å². The zero-order valence-corrected chi connectivity index (χ0v) is 11.2. The minimum Gasteiger partial charge on any atom is -0.388 e. The summed E-state index contributed by atoms with van der Waals surface area (Å²) >= 11 is 1.35. The highest BCUT2D eigenvalue weighted by Gasteiger charge is 2.35. The first-order valence-corrected chi connectivity index (χ1v) is 6.77. The molecule has 1 atom stereocenters. The van der Waals surface area contributed by atoms with Crippen molar-refractivity contribution in [2.75, 3.05) is 13.1 Å². The van der Waals surface area contributed by atoms with Crippen LogP contribution in [0.4, 0.5) is 0 Å². The molecule has 1 aliphatic rings. The molecule has 0 aromatic carbocycles. The molecule has 19 heavy (non-hydrogen) atoms. The molecule has 1 N–H and O–H groups in total. The van der Waals surface area contributed by atoms with E-state index in [1.165, 1.54) is 22.3 Å². The highest BCUT2D eigenvalue weighted by Crippen LogP contribution is 2.26. The van der Waals surface area contributed by atoms with Crippen LogP contribution < -0.4 is 0 Å². The second-order valence-corrected chi connectivity index (χ2v) is 5.78. The summed E-state index contributed by atoms with van der Waals surface area (Å²) in [6.45, 7) is 2.68. The van der Waals surface area contributed by atoms with Gasteiger partial charge in [0.2, 0.25) is 0 Å². The molecular weight excluding hydrogens is 266 g/mol. The number of carbonyl (C=O) groups is 1. The number of β-amino-alcohol motifs (C(OH)–C–C–N with tert-alkyl or cyclic N) is 1. The number of tetrazole rings is 1. The normalized spacial score (nSPS) is 22.9. The van der Waals surface area contributed by atoms with E-state index in [4.69, 9.17) is 0 Å². The number of aromatic nitrogens is 4. The minimum atomic E-state index is -0.790. The molecule has 0 radical (unpaired) electrons. The van der Waals surface area contributed by atoms with Gasteiger partial charge in [0.05, 0.1) is 11.3 Å². The fraction of sp³-hybridized carbons (Fsp3) is 0.455. The van der Waals surface area contributed by atoms with Gasteiger partial charge in [-0.3, -0.25) is 4.79 Å². The Labute approximate surface area is 113 Å². The van der Waals surface area contributed by atoms with Gasteiger partial charge in [0.1, 0.15) is 11.2 Å². The van der Waals surface area contributed by atoms with Gasteiger partial charge in [-0.25, -0.2) is 0 Å². The van der Waals surface area contributed by atoms with E-state index in [0.29, 0.717) is 30.1 Å². The fourth-order valence-corrected chi connectivity index (χ4v) is 3.02. The van der Waals surface area contributed by atoms with Gasteiger partial charge in [-0.05, 0) is 35.2 Å². The predicted molar refractivity (Wildman–Crippen MR) is 68.2 cm³/mol. The maximum absolute atomic E-state index is 12.5. The van der Waals surface area contributed by atoms with E-state index < -0.39 is 5.60 Å².